The van der Waals surface area contributed by atoms with Crippen molar-refractivity contribution < 1.29 is 4.79 Å². The molecule has 0 spiro atoms. The molecule has 3 rings (SSSR count). The van der Waals surface area contributed by atoms with Gasteiger partial charge >= 0.3 is 0 Å². The van der Waals surface area contributed by atoms with E-state index in [0.29, 0.717) is 12.3 Å². The van der Waals surface area contributed by atoms with Gasteiger partial charge in [0, 0.05) is 18.3 Å². The normalized spacial score (nSPS) is 9.50. The summed E-state index contributed by atoms with van der Waals surface area (Å²) < 4.78 is 0. The van der Waals surface area contributed by atoms with E-state index in [4.69, 9.17) is 0 Å². The highest BCUT2D eigenvalue weighted by Crippen LogP contribution is 2.09. The molecule has 2 nitrogen and oxygen atoms in total. The third-order valence-electron chi connectivity index (χ3n) is 4.96. The molecule has 0 fully saturated rings. The van der Waals surface area contributed by atoms with Crippen LogP contribution in [0.3, 0.4) is 0 Å². The average Bonchev–Trinajstić information content (AvgIpc) is 3.37. The van der Waals surface area contributed by atoms with Crippen LogP contribution in [0.15, 0.2) is 72.9 Å². The summed E-state index contributed by atoms with van der Waals surface area (Å²) in [4.78, 5) is 12.9. The Labute approximate surface area is 197 Å². The molecule has 0 aliphatic heterocycles. The van der Waals surface area contributed by atoms with Gasteiger partial charge in [-0.15, -0.1) is 0 Å². The fourth-order valence-electron chi connectivity index (χ4n) is 2.65. The predicted molar refractivity (Wildman–Crippen MR) is 141 cm³/mol. The number of aromatic amines is 1. The smallest absolute Gasteiger partial charge is 0.129 e. The zero-order valence-electron chi connectivity index (χ0n) is 21.4. The largest absolute Gasteiger partial charge is 0.365 e. The fourth-order valence-corrected chi connectivity index (χ4v) is 2.65. The zero-order valence-corrected chi connectivity index (χ0v) is 21.4. The number of carbonyl (C=O) groups excluding carboxylic acids is 1. The van der Waals surface area contributed by atoms with Crippen LogP contribution >= 0.6 is 0 Å². The van der Waals surface area contributed by atoms with Gasteiger partial charge in [-0.25, -0.2) is 0 Å². The number of nitrogens with one attached hydrogen (secondary N) is 1. The molecular formula is C30H45NO. The molecule has 0 aliphatic rings. The topological polar surface area (TPSA) is 32.9 Å². The van der Waals surface area contributed by atoms with Crippen LogP contribution in [0, 0.1) is 0 Å². The van der Waals surface area contributed by atoms with Crippen molar-refractivity contribution in [1.82, 2.24) is 4.98 Å². The number of hydrogen-bond donors (Lipinski definition) is 1. The highest BCUT2D eigenvalue weighted by Gasteiger charge is 1.95. The summed E-state index contributed by atoms with van der Waals surface area (Å²) in [5, 5.41) is 0. The molecule has 0 atom stereocenters. The molecular weight excluding hydrogens is 390 g/mol. The van der Waals surface area contributed by atoms with Crippen LogP contribution in [0.2, 0.25) is 0 Å². The van der Waals surface area contributed by atoms with Gasteiger partial charge in [-0.1, -0.05) is 103 Å². The number of H-pyrrole nitrogens is 1. The van der Waals surface area contributed by atoms with Gasteiger partial charge in [0.05, 0.1) is 0 Å². The first kappa shape index (κ1) is 29.4. The van der Waals surface area contributed by atoms with Crippen molar-refractivity contribution in [3.8, 4) is 0 Å². The molecule has 0 saturated heterocycles. The number of hydrogen-bond acceptors (Lipinski definition) is 1. The molecule has 2 heteroatoms. The van der Waals surface area contributed by atoms with Gasteiger partial charge in [0.2, 0.25) is 0 Å². The van der Waals surface area contributed by atoms with Gasteiger partial charge in [-0.3, -0.25) is 0 Å². The van der Waals surface area contributed by atoms with Crippen LogP contribution in [0.4, 0.5) is 0 Å². The van der Waals surface area contributed by atoms with Crippen LogP contribution in [0.5, 0.6) is 0 Å². The summed E-state index contributed by atoms with van der Waals surface area (Å²) in [7, 11) is 0. The van der Waals surface area contributed by atoms with E-state index < -0.39 is 0 Å². The lowest BCUT2D eigenvalue weighted by molar-refractivity contribution is -0.116. The fraction of sp³-hybridized carbons (Fsp3) is 0.433. The molecule has 0 radical (unpaired) electrons. The molecule has 0 bridgehead atoms. The van der Waals surface area contributed by atoms with Gasteiger partial charge in [0.25, 0.3) is 0 Å². The highest BCUT2D eigenvalue weighted by molar-refractivity contribution is 5.74. The Morgan fingerprint density at radius 2 is 1.25 bits per heavy atom. The molecule has 1 N–H and O–H groups in total. The predicted octanol–water partition coefficient (Wildman–Crippen LogP) is 8.57. The standard InChI is InChI=1S/C11H16.C8H10.C7H11N.C4H8O/c1-3-5-11-8-6-10(4-2)7-9-11;1-2-8-6-4-3-5-7-8;1-6(2)7-4-3-5-8-7;1-3-4(2)5/h6-9H,3-5H2,1-2H3;3-7H,2H2,1H3;3-6,8H,1-2H3;3H2,1-2H3. The Morgan fingerprint density at radius 1 is 0.750 bits per heavy atom. The number of Topliss-reactive ketones (excluding diaryl/α,β-unsaturated/α-hetero) is 1. The number of aryl methyl sites for hydroxylation is 3. The molecule has 32 heavy (non-hydrogen) atoms. The van der Waals surface area contributed by atoms with E-state index >= 15 is 0 Å². The van der Waals surface area contributed by atoms with Crippen molar-refractivity contribution in [2.45, 2.75) is 86.5 Å². The minimum absolute atomic E-state index is 0.255. The molecule has 0 aliphatic carbocycles. The second-order valence-electron chi connectivity index (χ2n) is 8.09. The molecule has 0 saturated carbocycles. The Kier molecular flexibility index (Phi) is 17.5. The van der Waals surface area contributed by atoms with Crippen molar-refractivity contribution in [1.29, 1.82) is 0 Å². The third-order valence-corrected chi connectivity index (χ3v) is 4.96. The van der Waals surface area contributed by atoms with Crippen molar-refractivity contribution in [2.24, 2.45) is 0 Å². The van der Waals surface area contributed by atoms with E-state index in [1.165, 1.54) is 35.2 Å². The van der Waals surface area contributed by atoms with Gasteiger partial charge < -0.3 is 9.78 Å². The lowest BCUT2D eigenvalue weighted by Crippen LogP contribution is -1.84. The number of rotatable bonds is 6. The first-order chi connectivity index (χ1) is 15.4. The Balaban J connectivity index is 0.000000415. The molecule has 0 amide bonds. The van der Waals surface area contributed by atoms with Gasteiger partial charge in [0.15, 0.2) is 0 Å². The lowest BCUT2D eigenvalue weighted by Gasteiger charge is -1.99. The maximum atomic E-state index is 9.81. The Hall–Kier alpha value is -2.61. The van der Waals surface area contributed by atoms with Crippen LogP contribution < -0.4 is 0 Å². The summed E-state index contributed by atoms with van der Waals surface area (Å²) in [6.07, 6.45) is 7.36. The van der Waals surface area contributed by atoms with Crippen LogP contribution in [0.25, 0.3) is 0 Å². The van der Waals surface area contributed by atoms with Crippen molar-refractivity contribution in [3.63, 3.8) is 0 Å². The average molecular weight is 436 g/mol. The highest BCUT2D eigenvalue weighted by atomic mass is 16.1. The van der Waals surface area contributed by atoms with Crippen LogP contribution in [-0.2, 0) is 24.1 Å². The second-order valence-corrected chi connectivity index (χ2v) is 8.09. The van der Waals surface area contributed by atoms with Crippen LogP contribution in [0.1, 0.15) is 89.6 Å². The van der Waals surface area contributed by atoms with Crippen molar-refractivity contribution >= 4 is 5.78 Å². The second kappa shape index (κ2) is 19.1. The number of benzene rings is 2. The third kappa shape index (κ3) is 15.2. The van der Waals surface area contributed by atoms with Gasteiger partial charge in [0.1, 0.15) is 5.78 Å². The molecule has 3 aromatic rings. The minimum atomic E-state index is 0.255. The molecule has 2 aromatic carbocycles. The maximum absolute atomic E-state index is 9.81. The molecule has 0 unspecified atom stereocenters. The monoisotopic (exact) mass is 435 g/mol. The van der Waals surface area contributed by atoms with Crippen molar-refractivity contribution in [2.75, 3.05) is 0 Å². The lowest BCUT2D eigenvalue weighted by atomic mass is 10.1. The maximum Gasteiger partial charge on any atom is 0.129 e. The van der Waals surface area contributed by atoms with E-state index in [-0.39, 0.29) is 5.78 Å². The molecule has 1 aromatic heterocycles. The SMILES string of the molecule is CC(C)c1ccc[nH]1.CCC(C)=O.CCCc1ccc(CC)cc1.CCc1ccccc1. The summed E-state index contributed by atoms with van der Waals surface area (Å²) in [5.41, 5.74) is 5.62. The molecule has 176 valence electrons. The summed E-state index contributed by atoms with van der Waals surface area (Å²) in [5.74, 6) is 0.884. The Bertz CT molecular complexity index is 787. The van der Waals surface area contributed by atoms with E-state index in [9.17, 15) is 4.79 Å². The van der Waals surface area contributed by atoms with Crippen LogP contribution in [-0.4, -0.2) is 10.8 Å². The number of carbonyl (C=O) groups is 1. The summed E-state index contributed by atoms with van der Waals surface area (Å²) in [6, 6.07) is 23.5. The van der Waals surface area contributed by atoms with E-state index in [2.05, 4.69) is 94.2 Å². The van der Waals surface area contributed by atoms with E-state index in [0.717, 1.165) is 12.8 Å². The number of ketones is 1. The quantitative estimate of drug-likeness (QED) is 0.413. The molecule has 1 heterocycles. The van der Waals surface area contributed by atoms with Gasteiger partial charge in [-0.05, 0) is 60.9 Å². The van der Waals surface area contributed by atoms with Gasteiger partial charge in [-0.2, -0.15) is 0 Å². The van der Waals surface area contributed by atoms with Crippen molar-refractivity contribution in [3.05, 3.63) is 95.3 Å². The summed E-state index contributed by atoms with van der Waals surface area (Å²) in [6.45, 7) is 14.3. The first-order valence-corrected chi connectivity index (χ1v) is 12.1. The summed E-state index contributed by atoms with van der Waals surface area (Å²) >= 11 is 0. The minimum Gasteiger partial charge on any atom is -0.365 e. The Morgan fingerprint density at radius 3 is 1.56 bits per heavy atom. The number of aromatic nitrogens is 1. The van der Waals surface area contributed by atoms with E-state index in [1.54, 1.807) is 6.92 Å². The first-order valence-electron chi connectivity index (χ1n) is 12.1. The zero-order chi connectivity index (χ0) is 24.2. The van der Waals surface area contributed by atoms with E-state index in [1.807, 2.05) is 25.3 Å².